The van der Waals surface area contributed by atoms with Gasteiger partial charge in [-0.2, -0.15) is 0 Å². The molecule has 0 fully saturated rings. The van der Waals surface area contributed by atoms with Crippen molar-refractivity contribution in [1.82, 2.24) is 10.3 Å². The highest BCUT2D eigenvalue weighted by Crippen LogP contribution is 2.23. The Morgan fingerprint density at radius 1 is 1.53 bits per heavy atom. The van der Waals surface area contributed by atoms with E-state index in [1.807, 2.05) is 17.5 Å². The molecule has 0 radical (unpaired) electrons. The van der Waals surface area contributed by atoms with E-state index in [2.05, 4.69) is 17.2 Å². The summed E-state index contributed by atoms with van der Waals surface area (Å²) in [7, 11) is 0. The fourth-order valence-electron chi connectivity index (χ4n) is 1.89. The summed E-state index contributed by atoms with van der Waals surface area (Å²) < 4.78 is 0. The van der Waals surface area contributed by atoms with Crippen LogP contribution in [-0.4, -0.2) is 10.9 Å². The molecule has 1 amide bonds. The summed E-state index contributed by atoms with van der Waals surface area (Å²) in [4.78, 5) is 17.3. The molecule has 0 spiro atoms. The van der Waals surface area contributed by atoms with Crippen LogP contribution in [-0.2, 0) is 0 Å². The Hall–Kier alpha value is -1.88. The van der Waals surface area contributed by atoms with Crippen molar-refractivity contribution in [3.63, 3.8) is 0 Å². The van der Waals surface area contributed by atoms with Gasteiger partial charge in [-0.25, -0.2) is 4.98 Å². The molecule has 0 aliphatic carbocycles. The molecule has 100 valence electrons. The number of amides is 1. The summed E-state index contributed by atoms with van der Waals surface area (Å²) in [5.41, 5.74) is 6.14. The molecule has 0 aromatic carbocycles. The lowest BCUT2D eigenvalue weighted by atomic mass is 10.1. The molecule has 0 aliphatic heterocycles. The number of nitrogens with zero attached hydrogens (tertiary/aromatic N) is 1. The highest BCUT2D eigenvalue weighted by atomic mass is 32.1. The van der Waals surface area contributed by atoms with E-state index in [-0.39, 0.29) is 11.9 Å². The zero-order valence-electron chi connectivity index (χ0n) is 10.8. The number of thiophene rings is 1. The molecule has 2 heterocycles. The third kappa shape index (κ3) is 3.54. The lowest BCUT2D eigenvalue weighted by Gasteiger charge is -2.16. The fraction of sp³-hybridized carbons (Fsp3) is 0.286. The van der Waals surface area contributed by atoms with Crippen molar-refractivity contribution in [3.05, 3.63) is 46.3 Å². The first kappa shape index (κ1) is 13.5. The summed E-state index contributed by atoms with van der Waals surface area (Å²) in [6, 6.07) is 7.37. The fourth-order valence-corrected chi connectivity index (χ4v) is 2.71. The highest BCUT2D eigenvalue weighted by molar-refractivity contribution is 7.10. The number of nitrogen functional groups attached to an aromatic ring is 1. The Balaban J connectivity index is 2.11. The van der Waals surface area contributed by atoms with E-state index in [0.717, 1.165) is 12.8 Å². The number of carbonyl (C=O) groups is 1. The van der Waals surface area contributed by atoms with Crippen molar-refractivity contribution in [2.75, 3.05) is 5.73 Å². The third-order valence-electron chi connectivity index (χ3n) is 2.81. The van der Waals surface area contributed by atoms with Gasteiger partial charge in [0.15, 0.2) is 0 Å². The second-order valence-electron chi connectivity index (χ2n) is 4.30. The Bertz CT molecular complexity index is 539. The van der Waals surface area contributed by atoms with Crippen molar-refractivity contribution in [2.24, 2.45) is 0 Å². The van der Waals surface area contributed by atoms with Crippen LogP contribution in [0.15, 0.2) is 35.8 Å². The Labute approximate surface area is 116 Å². The minimum Gasteiger partial charge on any atom is -0.384 e. The quantitative estimate of drug-likeness (QED) is 0.881. The minimum absolute atomic E-state index is 0.0619. The molecule has 0 bridgehead atoms. The maximum Gasteiger partial charge on any atom is 0.251 e. The number of aromatic nitrogens is 1. The summed E-state index contributed by atoms with van der Waals surface area (Å²) in [6.07, 6.45) is 3.48. The number of hydrogen-bond acceptors (Lipinski definition) is 4. The molecule has 1 unspecified atom stereocenters. The van der Waals surface area contributed by atoms with Gasteiger partial charge in [-0.15, -0.1) is 11.3 Å². The van der Waals surface area contributed by atoms with Gasteiger partial charge in [-0.05, 0) is 30.0 Å². The van der Waals surface area contributed by atoms with Crippen molar-refractivity contribution in [2.45, 2.75) is 25.8 Å². The first-order valence-electron chi connectivity index (χ1n) is 6.26. The van der Waals surface area contributed by atoms with Crippen LogP contribution in [0.5, 0.6) is 0 Å². The first-order chi connectivity index (χ1) is 9.20. The molecule has 19 heavy (non-hydrogen) atoms. The van der Waals surface area contributed by atoms with Crippen molar-refractivity contribution in [3.8, 4) is 0 Å². The van der Waals surface area contributed by atoms with E-state index in [1.54, 1.807) is 29.7 Å². The number of nitrogens with two attached hydrogens (primary N) is 1. The largest absolute Gasteiger partial charge is 0.384 e. The standard InChI is InChI=1S/C14H17N3OS/c1-2-4-11(12-5-3-8-19-12)17-14(18)10-6-7-16-13(15)9-10/h3,5-9,11H,2,4H2,1H3,(H2,15,16)(H,17,18). The molecule has 0 saturated carbocycles. The molecule has 3 N–H and O–H groups in total. The third-order valence-corrected chi connectivity index (χ3v) is 3.80. The number of hydrogen-bond donors (Lipinski definition) is 2. The SMILES string of the molecule is CCCC(NC(=O)c1ccnc(N)c1)c1cccs1. The topological polar surface area (TPSA) is 68.0 Å². The van der Waals surface area contributed by atoms with Gasteiger partial charge < -0.3 is 11.1 Å². The second kappa shape index (κ2) is 6.33. The lowest BCUT2D eigenvalue weighted by Crippen LogP contribution is -2.28. The normalized spacial score (nSPS) is 12.1. The Kier molecular flexibility index (Phi) is 4.52. The molecule has 1 atom stereocenters. The molecular weight excluding hydrogens is 258 g/mol. The molecule has 0 saturated heterocycles. The van der Waals surface area contributed by atoms with Crippen molar-refractivity contribution in [1.29, 1.82) is 0 Å². The minimum atomic E-state index is -0.110. The van der Waals surface area contributed by atoms with E-state index in [4.69, 9.17) is 5.73 Å². The number of rotatable bonds is 5. The van der Waals surface area contributed by atoms with Crippen LogP contribution in [0.25, 0.3) is 0 Å². The van der Waals surface area contributed by atoms with Gasteiger partial charge in [0.1, 0.15) is 5.82 Å². The zero-order chi connectivity index (χ0) is 13.7. The van der Waals surface area contributed by atoms with Gasteiger partial charge in [-0.1, -0.05) is 19.4 Å². The molecule has 2 rings (SSSR count). The number of anilines is 1. The average molecular weight is 275 g/mol. The number of pyridine rings is 1. The van der Waals surface area contributed by atoms with Crippen LogP contribution in [0.2, 0.25) is 0 Å². The van der Waals surface area contributed by atoms with E-state index in [1.165, 1.54) is 4.88 Å². The second-order valence-corrected chi connectivity index (χ2v) is 5.28. The van der Waals surface area contributed by atoms with Crippen LogP contribution in [0.3, 0.4) is 0 Å². The molecular formula is C14H17N3OS. The predicted molar refractivity (Wildman–Crippen MR) is 78.1 cm³/mol. The summed E-state index contributed by atoms with van der Waals surface area (Å²) >= 11 is 1.66. The predicted octanol–water partition coefficient (Wildman–Crippen LogP) is 3.00. The van der Waals surface area contributed by atoms with Crippen molar-refractivity contribution >= 4 is 23.1 Å². The molecule has 2 aromatic rings. The van der Waals surface area contributed by atoms with Crippen molar-refractivity contribution < 1.29 is 4.79 Å². The first-order valence-corrected chi connectivity index (χ1v) is 7.14. The van der Waals surface area contributed by atoms with E-state index >= 15 is 0 Å². The van der Waals surface area contributed by atoms with Crippen LogP contribution in [0, 0.1) is 0 Å². The monoisotopic (exact) mass is 275 g/mol. The molecule has 4 nitrogen and oxygen atoms in total. The summed E-state index contributed by atoms with van der Waals surface area (Å²) in [5.74, 6) is 0.247. The maximum atomic E-state index is 12.2. The van der Waals surface area contributed by atoms with E-state index in [9.17, 15) is 4.79 Å². The zero-order valence-corrected chi connectivity index (χ0v) is 11.6. The smallest absolute Gasteiger partial charge is 0.251 e. The molecule has 0 aliphatic rings. The van der Waals surface area contributed by atoms with E-state index < -0.39 is 0 Å². The Morgan fingerprint density at radius 3 is 3.00 bits per heavy atom. The summed E-state index contributed by atoms with van der Waals surface area (Å²) in [5, 5.41) is 5.07. The Morgan fingerprint density at radius 2 is 2.37 bits per heavy atom. The lowest BCUT2D eigenvalue weighted by molar-refractivity contribution is 0.0935. The van der Waals surface area contributed by atoms with Gasteiger partial charge in [-0.3, -0.25) is 4.79 Å². The van der Waals surface area contributed by atoms with Gasteiger partial charge >= 0.3 is 0 Å². The number of nitrogens with one attached hydrogen (secondary N) is 1. The summed E-state index contributed by atoms with van der Waals surface area (Å²) in [6.45, 7) is 2.11. The average Bonchev–Trinajstić information content (AvgIpc) is 2.92. The van der Waals surface area contributed by atoms with Crippen LogP contribution >= 0.6 is 11.3 Å². The van der Waals surface area contributed by atoms with Gasteiger partial charge in [0.05, 0.1) is 6.04 Å². The maximum absolute atomic E-state index is 12.2. The van der Waals surface area contributed by atoms with Gasteiger partial charge in [0, 0.05) is 16.6 Å². The number of carbonyl (C=O) groups excluding carboxylic acids is 1. The van der Waals surface area contributed by atoms with Crippen LogP contribution < -0.4 is 11.1 Å². The van der Waals surface area contributed by atoms with Gasteiger partial charge in [0.2, 0.25) is 0 Å². The molecule has 2 aromatic heterocycles. The van der Waals surface area contributed by atoms with Crippen LogP contribution in [0.1, 0.15) is 41.0 Å². The van der Waals surface area contributed by atoms with E-state index in [0.29, 0.717) is 11.4 Å². The van der Waals surface area contributed by atoms with Crippen LogP contribution in [0.4, 0.5) is 5.82 Å². The van der Waals surface area contributed by atoms with Gasteiger partial charge in [0.25, 0.3) is 5.91 Å². The molecule has 5 heteroatoms. The highest BCUT2D eigenvalue weighted by Gasteiger charge is 2.16.